The van der Waals surface area contributed by atoms with Crippen molar-refractivity contribution >= 4 is 17.5 Å². The van der Waals surface area contributed by atoms with Crippen molar-refractivity contribution in [2.45, 2.75) is 19.8 Å². The van der Waals surface area contributed by atoms with Gasteiger partial charge >= 0.3 is 0 Å². The minimum Gasteiger partial charge on any atom is -0.352 e. The Balaban J connectivity index is 2.21. The summed E-state index contributed by atoms with van der Waals surface area (Å²) < 4.78 is 0. The van der Waals surface area contributed by atoms with Gasteiger partial charge in [0.15, 0.2) is 0 Å². The van der Waals surface area contributed by atoms with Crippen LogP contribution in [0.1, 0.15) is 34.3 Å². The van der Waals surface area contributed by atoms with E-state index in [9.17, 15) is 9.59 Å². The number of anilines is 1. The number of hydrogen-bond donors (Lipinski definition) is 3. The first-order valence-corrected chi connectivity index (χ1v) is 8.01. The van der Waals surface area contributed by atoms with E-state index in [1.165, 1.54) is 0 Å². The number of benzene rings is 2. The zero-order chi connectivity index (χ0) is 17.5. The van der Waals surface area contributed by atoms with E-state index in [1.54, 1.807) is 12.1 Å². The molecule has 0 aliphatic carbocycles. The van der Waals surface area contributed by atoms with Crippen LogP contribution in [0, 0.1) is 6.92 Å². The van der Waals surface area contributed by atoms with Crippen LogP contribution >= 0.6 is 0 Å². The van der Waals surface area contributed by atoms with E-state index in [-0.39, 0.29) is 18.4 Å². The molecule has 126 valence electrons. The Kier molecular flexibility index (Phi) is 6.09. The summed E-state index contributed by atoms with van der Waals surface area (Å²) in [4.78, 5) is 24.6. The summed E-state index contributed by atoms with van der Waals surface area (Å²) in [5.41, 5.74) is 8.69. The van der Waals surface area contributed by atoms with Gasteiger partial charge in [-0.2, -0.15) is 0 Å². The molecule has 0 aromatic heterocycles. The number of amides is 2. The summed E-state index contributed by atoms with van der Waals surface area (Å²) in [5.74, 6) is -0.773. The second-order valence-corrected chi connectivity index (χ2v) is 5.58. The highest BCUT2D eigenvalue weighted by atomic mass is 16.2. The molecular formula is C19H23N3O2. The lowest BCUT2D eigenvalue weighted by molar-refractivity contribution is -0.117. The maximum absolute atomic E-state index is 12.6. The average Bonchev–Trinajstić information content (AvgIpc) is 2.58. The second kappa shape index (κ2) is 8.26. The maximum atomic E-state index is 12.6. The van der Waals surface area contributed by atoms with E-state index in [0.717, 1.165) is 11.1 Å². The molecule has 0 saturated carbocycles. The Hall–Kier alpha value is -2.66. The van der Waals surface area contributed by atoms with Crippen LogP contribution < -0.4 is 16.4 Å². The SMILES string of the molecule is CCNC(=O)c1ccc(C)c(NC(=O)C(CN)c2ccccc2)c1. The van der Waals surface area contributed by atoms with Crippen molar-refractivity contribution in [2.75, 3.05) is 18.4 Å². The van der Waals surface area contributed by atoms with E-state index >= 15 is 0 Å². The van der Waals surface area contributed by atoms with Crippen LogP contribution in [-0.4, -0.2) is 24.9 Å². The molecule has 5 nitrogen and oxygen atoms in total. The molecule has 1 unspecified atom stereocenters. The topological polar surface area (TPSA) is 84.2 Å². The molecule has 0 spiro atoms. The van der Waals surface area contributed by atoms with Crippen molar-refractivity contribution in [1.82, 2.24) is 5.32 Å². The van der Waals surface area contributed by atoms with E-state index in [4.69, 9.17) is 5.73 Å². The Morgan fingerprint density at radius 3 is 2.46 bits per heavy atom. The van der Waals surface area contributed by atoms with Gasteiger partial charge in [0.2, 0.25) is 5.91 Å². The van der Waals surface area contributed by atoms with Crippen LogP contribution in [0.15, 0.2) is 48.5 Å². The smallest absolute Gasteiger partial charge is 0.251 e. The van der Waals surface area contributed by atoms with Crippen LogP contribution in [-0.2, 0) is 4.79 Å². The Morgan fingerprint density at radius 2 is 1.83 bits per heavy atom. The zero-order valence-corrected chi connectivity index (χ0v) is 14.0. The molecule has 4 N–H and O–H groups in total. The summed E-state index contributed by atoms with van der Waals surface area (Å²) in [5, 5.41) is 5.65. The van der Waals surface area contributed by atoms with Crippen LogP contribution in [0.3, 0.4) is 0 Å². The van der Waals surface area contributed by atoms with Crippen molar-refractivity contribution in [2.24, 2.45) is 5.73 Å². The summed E-state index contributed by atoms with van der Waals surface area (Å²) >= 11 is 0. The molecule has 0 radical (unpaired) electrons. The predicted molar refractivity (Wildman–Crippen MR) is 96.1 cm³/mol. The Bertz CT molecular complexity index is 714. The molecule has 5 heteroatoms. The summed E-state index contributed by atoms with van der Waals surface area (Å²) in [6.45, 7) is 4.51. The molecule has 0 fully saturated rings. The standard InChI is InChI=1S/C19H23N3O2/c1-3-21-18(23)15-10-9-13(2)17(11-15)22-19(24)16(12-20)14-7-5-4-6-8-14/h4-11,16H,3,12,20H2,1-2H3,(H,21,23)(H,22,24). The number of nitrogens with two attached hydrogens (primary N) is 1. The summed E-state index contributed by atoms with van der Waals surface area (Å²) in [6, 6.07) is 14.7. The van der Waals surface area contributed by atoms with Crippen molar-refractivity contribution in [3.63, 3.8) is 0 Å². The molecule has 0 aliphatic rings. The molecule has 0 aliphatic heterocycles. The molecule has 2 aromatic carbocycles. The van der Waals surface area contributed by atoms with Gasteiger partial charge in [0, 0.05) is 24.3 Å². The van der Waals surface area contributed by atoms with E-state index < -0.39 is 5.92 Å². The number of carbonyl (C=O) groups excluding carboxylic acids is 2. The van der Waals surface area contributed by atoms with Crippen molar-refractivity contribution < 1.29 is 9.59 Å². The van der Waals surface area contributed by atoms with Crippen LogP contribution in [0.5, 0.6) is 0 Å². The third kappa shape index (κ3) is 4.20. The van der Waals surface area contributed by atoms with Crippen LogP contribution in [0.25, 0.3) is 0 Å². The van der Waals surface area contributed by atoms with Crippen LogP contribution in [0.4, 0.5) is 5.69 Å². The Labute approximate surface area is 142 Å². The lowest BCUT2D eigenvalue weighted by Crippen LogP contribution is -2.28. The van der Waals surface area contributed by atoms with Gasteiger partial charge in [-0.3, -0.25) is 9.59 Å². The highest BCUT2D eigenvalue weighted by molar-refractivity contribution is 5.99. The normalized spacial score (nSPS) is 11.6. The third-order valence-electron chi connectivity index (χ3n) is 3.85. The highest BCUT2D eigenvalue weighted by Gasteiger charge is 2.20. The Morgan fingerprint density at radius 1 is 1.12 bits per heavy atom. The molecule has 2 amide bonds. The number of nitrogens with one attached hydrogen (secondary N) is 2. The molecule has 1 atom stereocenters. The number of carbonyl (C=O) groups is 2. The van der Waals surface area contributed by atoms with Gasteiger partial charge in [0.25, 0.3) is 5.91 Å². The molecule has 0 saturated heterocycles. The third-order valence-corrected chi connectivity index (χ3v) is 3.85. The maximum Gasteiger partial charge on any atom is 0.251 e. The van der Waals surface area contributed by atoms with Gasteiger partial charge < -0.3 is 16.4 Å². The molecule has 2 aromatic rings. The van der Waals surface area contributed by atoms with Gasteiger partial charge in [0.1, 0.15) is 0 Å². The predicted octanol–water partition coefficient (Wildman–Crippen LogP) is 2.43. The zero-order valence-electron chi connectivity index (χ0n) is 14.0. The number of rotatable bonds is 6. The number of aryl methyl sites for hydroxylation is 1. The van der Waals surface area contributed by atoms with Gasteiger partial charge in [0.05, 0.1) is 5.92 Å². The monoisotopic (exact) mass is 325 g/mol. The first-order chi connectivity index (χ1) is 11.6. The fourth-order valence-corrected chi connectivity index (χ4v) is 2.46. The highest BCUT2D eigenvalue weighted by Crippen LogP contribution is 2.21. The van der Waals surface area contributed by atoms with Gasteiger partial charge in [-0.15, -0.1) is 0 Å². The minimum absolute atomic E-state index is 0.161. The fraction of sp³-hybridized carbons (Fsp3) is 0.263. The largest absolute Gasteiger partial charge is 0.352 e. The van der Waals surface area contributed by atoms with E-state index in [1.807, 2.05) is 50.2 Å². The summed E-state index contributed by atoms with van der Waals surface area (Å²) in [6.07, 6.45) is 0. The van der Waals surface area contributed by atoms with Crippen molar-refractivity contribution in [3.05, 3.63) is 65.2 Å². The lowest BCUT2D eigenvalue weighted by atomic mass is 9.98. The minimum atomic E-state index is -0.432. The van der Waals surface area contributed by atoms with Gasteiger partial charge in [-0.05, 0) is 37.1 Å². The quantitative estimate of drug-likeness (QED) is 0.762. The first kappa shape index (κ1) is 17.7. The van der Waals surface area contributed by atoms with Crippen LogP contribution in [0.2, 0.25) is 0 Å². The van der Waals surface area contributed by atoms with Gasteiger partial charge in [-0.1, -0.05) is 36.4 Å². The fourth-order valence-electron chi connectivity index (χ4n) is 2.46. The van der Waals surface area contributed by atoms with Crippen molar-refractivity contribution in [3.8, 4) is 0 Å². The lowest BCUT2D eigenvalue weighted by Gasteiger charge is -2.17. The molecule has 0 bridgehead atoms. The first-order valence-electron chi connectivity index (χ1n) is 8.01. The molecule has 2 rings (SSSR count). The molecular weight excluding hydrogens is 302 g/mol. The van der Waals surface area contributed by atoms with E-state index in [0.29, 0.717) is 17.8 Å². The second-order valence-electron chi connectivity index (χ2n) is 5.58. The van der Waals surface area contributed by atoms with Crippen molar-refractivity contribution in [1.29, 1.82) is 0 Å². The number of hydrogen-bond acceptors (Lipinski definition) is 3. The molecule has 0 heterocycles. The summed E-state index contributed by atoms with van der Waals surface area (Å²) in [7, 11) is 0. The average molecular weight is 325 g/mol. The van der Waals surface area contributed by atoms with E-state index in [2.05, 4.69) is 10.6 Å². The van der Waals surface area contributed by atoms with Gasteiger partial charge in [-0.25, -0.2) is 0 Å². The molecule has 24 heavy (non-hydrogen) atoms.